The largest absolute Gasteiger partial charge is 0.467 e. The third-order valence-corrected chi connectivity index (χ3v) is 3.62. The van der Waals surface area contributed by atoms with Crippen LogP contribution in [0.1, 0.15) is 32.0 Å². The second-order valence-corrected chi connectivity index (χ2v) is 6.98. The lowest BCUT2D eigenvalue weighted by molar-refractivity contribution is -0.143. The predicted octanol–water partition coefficient (Wildman–Crippen LogP) is 2.79. The van der Waals surface area contributed by atoms with Crippen molar-refractivity contribution in [1.29, 1.82) is 0 Å². The lowest BCUT2D eigenvalue weighted by Crippen LogP contribution is -2.45. The van der Waals surface area contributed by atoms with Gasteiger partial charge >= 0.3 is 12.1 Å². The molecule has 1 aromatic heterocycles. The molecule has 1 heterocycles. The number of methoxy groups -OCH3 is 1. The first-order valence-corrected chi connectivity index (χ1v) is 8.36. The van der Waals surface area contributed by atoms with Crippen LogP contribution in [0.2, 0.25) is 0 Å². The van der Waals surface area contributed by atoms with Gasteiger partial charge in [-0.15, -0.1) is 0 Å². The average molecular weight is 359 g/mol. The Balaban J connectivity index is 2.13. The maximum Gasteiger partial charge on any atom is 0.408 e. The minimum Gasteiger partial charge on any atom is -0.467 e. The van der Waals surface area contributed by atoms with Crippen molar-refractivity contribution in [1.82, 2.24) is 14.9 Å². The van der Waals surface area contributed by atoms with E-state index in [1.807, 2.05) is 42.0 Å². The molecular formula is C19H25N3O4. The summed E-state index contributed by atoms with van der Waals surface area (Å²) in [7, 11) is 1.28. The van der Waals surface area contributed by atoms with Gasteiger partial charge in [-0.1, -0.05) is 18.2 Å². The van der Waals surface area contributed by atoms with Crippen molar-refractivity contribution in [3.63, 3.8) is 0 Å². The summed E-state index contributed by atoms with van der Waals surface area (Å²) in [5.41, 5.74) is 2.10. The fourth-order valence-corrected chi connectivity index (χ4v) is 2.45. The Bertz CT molecular complexity index is 777. The smallest absolute Gasteiger partial charge is 0.408 e. The predicted molar refractivity (Wildman–Crippen MR) is 97.2 cm³/mol. The molecule has 0 spiro atoms. The lowest BCUT2D eigenvalue weighted by Gasteiger charge is -2.22. The minimum absolute atomic E-state index is 0.199. The highest BCUT2D eigenvalue weighted by atomic mass is 16.6. The third kappa shape index (κ3) is 5.34. The van der Waals surface area contributed by atoms with E-state index in [2.05, 4.69) is 10.3 Å². The van der Waals surface area contributed by atoms with Crippen molar-refractivity contribution >= 4 is 12.1 Å². The zero-order valence-electron chi connectivity index (χ0n) is 15.8. The Labute approximate surface area is 153 Å². The number of hydrogen-bond donors (Lipinski definition) is 1. The molecule has 0 bridgehead atoms. The molecule has 7 nitrogen and oxygen atoms in total. The second kappa shape index (κ2) is 8.03. The number of esters is 1. The van der Waals surface area contributed by atoms with Crippen LogP contribution >= 0.6 is 0 Å². The summed E-state index contributed by atoms with van der Waals surface area (Å²) in [6.45, 7) is 7.27. The molecule has 0 saturated heterocycles. The summed E-state index contributed by atoms with van der Waals surface area (Å²) in [6, 6.07) is 7.03. The Morgan fingerprint density at radius 1 is 1.27 bits per heavy atom. The number of aromatic nitrogens is 2. The van der Waals surface area contributed by atoms with E-state index in [-0.39, 0.29) is 6.42 Å². The van der Waals surface area contributed by atoms with Crippen molar-refractivity contribution in [2.24, 2.45) is 0 Å². The molecule has 1 aromatic carbocycles. The molecule has 1 N–H and O–H groups in total. The molecule has 0 saturated carbocycles. The number of aryl methyl sites for hydroxylation is 1. The number of carbonyl (C=O) groups is 2. The van der Waals surface area contributed by atoms with Crippen LogP contribution in [0.15, 0.2) is 36.8 Å². The molecule has 0 fully saturated rings. The number of amides is 1. The van der Waals surface area contributed by atoms with Crippen LogP contribution in [-0.2, 0) is 20.7 Å². The molecule has 1 atom stereocenters. The van der Waals surface area contributed by atoms with Crippen molar-refractivity contribution in [3.8, 4) is 5.69 Å². The van der Waals surface area contributed by atoms with Crippen LogP contribution in [0, 0.1) is 6.92 Å². The van der Waals surface area contributed by atoms with E-state index in [1.165, 1.54) is 7.11 Å². The van der Waals surface area contributed by atoms with Gasteiger partial charge in [0.05, 0.1) is 19.1 Å². The van der Waals surface area contributed by atoms with Crippen LogP contribution in [-0.4, -0.2) is 40.4 Å². The molecule has 0 unspecified atom stereocenters. The van der Waals surface area contributed by atoms with Gasteiger partial charge in [0.1, 0.15) is 11.6 Å². The molecule has 2 rings (SSSR count). The SMILES string of the molecule is COC(=O)[C@H](Cc1cn(-c2ccccc2C)cn1)NC(=O)OC(C)(C)C. The maximum atomic E-state index is 12.0. The molecule has 0 aliphatic rings. The van der Waals surface area contributed by atoms with E-state index in [1.54, 1.807) is 27.1 Å². The number of para-hydroxylation sites is 1. The number of nitrogens with one attached hydrogen (secondary N) is 1. The first kappa shape index (κ1) is 19.5. The van der Waals surface area contributed by atoms with Crippen molar-refractivity contribution < 1.29 is 19.1 Å². The van der Waals surface area contributed by atoms with Crippen LogP contribution in [0.4, 0.5) is 4.79 Å². The van der Waals surface area contributed by atoms with E-state index < -0.39 is 23.7 Å². The number of carbonyl (C=O) groups excluding carboxylic acids is 2. The minimum atomic E-state index is -0.880. The second-order valence-electron chi connectivity index (χ2n) is 6.98. The standard InChI is InChI=1S/C19H25N3O4/c1-13-8-6-7-9-16(13)22-11-14(20-12-22)10-15(17(23)25-5)21-18(24)26-19(2,3)4/h6-9,11-12,15H,10H2,1-5H3,(H,21,24)/t15-/m0/s1. The topological polar surface area (TPSA) is 82.5 Å². The summed E-state index contributed by atoms with van der Waals surface area (Å²) in [5, 5.41) is 2.55. The van der Waals surface area contributed by atoms with Crippen molar-refractivity contribution in [2.75, 3.05) is 7.11 Å². The van der Waals surface area contributed by atoms with Crippen LogP contribution in [0.3, 0.4) is 0 Å². The van der Waals surface area contributed by atoms with Gasteiger partial charge in [-0.25, -0.2) is 14.6 Å². The molecule has 26 heavy (non-hydrogen) atoms. The zero-order chi connectivity index (χ0) is 19.3. The molecule has 0 aliphatic heterocycles. The number of nitrogens with zero attached hydrogens (tertiary/aromatic N) is 2. The van der Waals surface area contributed by atoms with Gasteiger partial charge in [0.2, 0.25) is 0 Å². The van der Waals surface area contributed by atoms with Gasteiger partial charge in [0, 0.05) is 18.3 Å². The highest BCUT2D eigenvalue weighted by molar-refractivity contribution is 5.81. The van der Waals surface area contributed by atoms with Crippen LogP contribution < -0.4 is 5.32 Å². The van der Waals surface area contributed by atoms with E-state index >= 15 is 0 Å². The van der Waals surface area contributed by atoms with Gasteiger partial charge in [0.25, 0.3) is 0 Å². The van der Waals surface area contributed by atoms with E-state index in [0.717, 1.165) is 11.3 Å². The first-order chi connectivity index (χ1) is 12.2. The molecule has 0 radical (unpaired) electrons. The molecule has 7 heteroatoms. The fourth-order valence-electron chi connectivity index (χ4n) is 2.45. The molecule has 0 aliphatic carbocycles. The van der Waals surface area contributed by atoms with Crippen LogP contribution in [0.25, 0.3) is 5.69 Å². The Hall–Kier alpha value is -2.83. The molecule has 2 aromatic rings. The number of ether oxygens (including phenoxy) is 2. The number of alkyl carbamates (subject to hydrolysis) is 1. The van der Waals surface area contributed by atoms with Gasteiger partial charge in [-0.2, -0.15) is 0 Å². The van der Waals surface area contributed by atoms with Gasteiger partial charge in [-0.05, 0) is 39.3 Å². The van der Waals surface area contributed by atoms with E-state index in [4.69, 9.17) is 9.47 Å². The maximum absolute atomic E-state index is 12.0. The summed E-state index contributed by atoms with van der Waals surface area (Å²) in [4.78, 5) is 28.3. The summed E-state index contributed by atoms with van der Waals surface area (Å²) in [6.07, 6.45) is 3.03. The van der Waals surface area contributed by atoms with Gasteiger partial charge in [-0.3, -0.25) is 0 Å². The molecule has 140 valence electrons. The molecule has 1 amide bonds. The number of hydrogen-bond acceptors (Lipinski definition) is 5. The van der Waals surface area contributed by atoms with E-state index in [9.17, 15) is 9.59 Å². The number of benzene rings is 1. The monoisotopic (exact) mass is 359 g/mol. The van der Waals surface area contributed by atoms with Gasteiger partial charge < -0.3 is 19.4 Å². The summed E-state index contributed by atoms with van der Waals surface area (Å²) >= 11 is 0. The van der Waals surface area contributed by atoms with Crippen LogP contribution in [0.5, 0.6) is 0 Å². The zero-order valence-corrected chi connectivity index (χ0v) is 15.8. The number of rotatable bonds is 5. The highest BCUT2D eigenvalue weighted by Crippen LogP contribution is 2.15. The Morgan fingerprint density at radius 2 is 1.96 bits per heavy atom. The van der Waals surface area contributed by atoms with Crippen molar-refractivity contribution in [2.45, 2.75) is 45.8 Å². The Kier molecular flexibility index (Phi) is 6.02. The average Bonchev–Trinajstić information content (AvgIpc) is 3.00. The lowest BCUT2D eigenvalue weighted by atomic mass is 10.1. The fraction of sp³-hybridized carbons (Fsp3) is 0.421. The molecular weight excluding hydrogens is 334 g/mol. The highest BCUT2D eigenvalue weighted by Gasteiger charge is 2.26. The normalized spacial score (nSPS) is 12.3. The number of imidazole rings is 1. The third-order valence-electron chi connectivity index (χ3n) is 3.62. The van der Waals surface area contributed by atoms with Gasteiger partial charge in [0.15, 0.2) is 0 Å². The summed E-state index contributed by atoms with van der Waals surface area (Å²) in [5.74, 6) is -0.554. The van der Waals surface area contributed by atoms with Crippen molar-refractivity contribution in [3.05, 3.63) is 48.0 Å². The first-order valence-electron chi connectivity index (χ1n) is 8.36. The summed E-state index contributed by atoms with van der Waals surface area (Å²) < 4.78 is 11.9. The Morgan fingerprint density at radius 3 is 2.58 bits per heavy atom. The quantitative estimate of drug-likeness (QED) is 0.830. The van der Waals surface area contributed by atoms with E-state index in [0.29, 0.717) is 5.69 Å².